The number of benzene rings is 5. The van der Waals surface area contributed by atoms with Crippen molar-refractivity contribution >= 4 is 49.2 Å². The molecule has 2 heteroatoms. The molecule has 2 nitrogen and oxygen atoms in total. The Morgan fingerprint density at radius 3 is 1.86 bits per heavy atom. The zero-order valence-electron chi connectivity index (χ0n) is 23.1. The fourth-order valence-electron chi connectivity index (χ4n) is 7.07. The van der Waals surface area contributed by atoms with Crippen molar-refractivity contribution in [3.63, 3.8) is 0 Å². The molecule has 7 aromatic rings. The lowest BCUT2D eigenvalue weighted by Gasteiger charge is -2.21. The number of fused-ring (bicyclic) bond motifs is 7. The Bertz CT molecular complexity index is 2280. The van der Waals surface area contributed by atoms with Gasteiger partial charge in [0.2, 0.25) is 0 Å². The van der Waals surface area contributed by atoms with E-state index in [4.69, 9.17) is 0 Å². The van der Waals surface area contributed by atoms with Crippen LogP contribution in [-0.2, 0) is 0 Å². The highest BCUT2D eigenvalue weighted by atomic mass is 15.0. The van der Waals surface area contributed by atoms with Gasteiger partial charge in [0.05, 0.1) is 22.1 Å². The average Bonchev–Trinajstić information content (AvgIpc) is 3.57. The van der Waals surface area contributed by atoms with Gasteiger partial charge in [-0.1, -0.05) is 103 Å². The molecule has 0 aliphatic heterocycles. The Labute approximate surface area is 244 Å². The molecule has 0 radical (unpaired) electrons. The zero-order chi connectivity index (χ0) is 27.6. The first-order valence-electron chi connectivity index (χ1n) is 14.7. The molecule has 0 bridgehead atoms. The lowest BCUT2D eigenvalue weighted by molar-refractivity contribution is 0.782. The van der Waals surface area contributed by atoms with Gasteiger partial charge < -0.3 is 9.13 Å². The molecule has 0 spiro atoms. The molecular weight excluding hydrogens is 508 g/mol. The van der Waals surface area contributed by atoms with Crippen LogP contribution in [0.2, 0.25) is 0 Å². The molecular formula is C40H28N2. The molecule has 9 rings (SSSR count). The summed E-state index contributed by atoms with van der Waals surface area (Å²) in [6.45, 7) is 0. The highest BCUT2D eigenvalue weighted by Crippen LogP contribution is 2.38. The standard InChI is InChI=1S/C40H28N2/c1-2-11-28-24-30(21-20-27(28)10-1)29-12-9-13-31(25-29)41-39-19-8-5-16-35(39)36-26-32(22-23-40(36)41)42-37-17-6-3-14-33(37)34-15-4-7-18-38(34)42/h1-19,21-27H,20H2. The van der Waals surface area contributed by atoms with Crippen LogP contribution in [0.1, 0.15) is 12.0 Å². The van der Waals surface area contributed by atoms with E-state index in [1.54, 1.807) is 0 Å². The van der Waals surface area contributed by atoms with E-state index >= 15 is 0 Å². The smallest absolute Gasteiger partial charge is 0.0542 e. The van der Waals surface area contributed by atoms with Gasteiger partial charge in [-0.25, -0.2) is 0 Å². The molecule has 198 valence electrons. The van der Waals surface area contributed by atoms with Gasteiger partial charge in [-0.3, -0.25) is 0 Å². The van der Waals surface area contributed by atoms with Crippen molar-refractivity contribution in [1.29, 1.82) is 0 Å². The highest BCUT2D eigenvalue weighted by Gasteiger charge is 2.18. The lowest BCUT2D eigenvalue weighted by Crippen LogP contribution is -2.05. The van der Waals surface area contributed by atoms with Gasteiger partial charge >= 0.3 is 0 Å². The second-order valence-electron chi connectivity index (χ2n) is 11.4. The maximum absolute atomic E-state index is 2.42. The molecule has 5 aromatic carbocycles. The Hall–Kier alpha value is -5.34. The topological polar surface area (TPSA) is 9.86 Å². The van der Waals surface area contributed by atoms with Gasteiger partial charge in [0.15, 0.2) is 0 Å². The van der Waals surface area contributed by atoms with E-state index in [1.807, 2.05) is 0 Å². The molecule has 0 saturated heterocycles. The first kappa shape index (κ1) is 23.4. The summed E-state index contributed by atoms with van der Waals surface area (Å²) in [7, 11) is 0. The Morgan fingerprint density at radius 1 is 0.524 bits per heavy atom. The zero-order valence-corrected chi connectivity index (χ0v) is 23.1. The van der Waals surface area contributed by atoms with Gasteiger partial charge in [-0.05, 0) is 71.7 Å². The molecule has 0 amide bonds. The van der Waals surface area contributed by atoms with E-state index < -0.39 is 0 Å². The van der Waals surface area contributed by atoms with Crippen LogP contribution in [0.4, 0.5) is 0 Å². The van der Waals surface area contributed by atoms with Crippen molar-refractivity contribution in [2.75, 3.05) is 0 Å². The highest BCUT2D eigenvalue weighted by molar-refractivity contribution is 6.12. The first-order valence-corrected chi connectivity index (χ1v) is 14.7. The first-order chi connectivity index (χ1) is 20.8. The van der Waals surface area contributed by atoms with Gasteiger partial charge in [-0.15, -0.1) is 0 Å². The third-order valence-corrected chi connectivity index (χ3v) is 9.02. The van der Waals surface area contributed by atoms with Crippen molar-refractivity contribution < 1.29 is 0 Å². The number of nitrogens with zero attached hydrogens (tertiary/aromatic N) is 2. The van der Waals surface area contributed by atoms with E-state index in [0.29, 0.717) is 5.92 Å². The molecule has 2 heterocycles. The van der Waals surface area contributed by atoms with Crippen molar-refractivity contribution in [1.82, 2.24) is 9.13 Å². The van der Waals surface area contributed by atoms with Crippen LogP contribution in [0.15, 0.2) is 157 Å². The van der Waals surface area contributed by atoms with Gasteiger partial charge in [0.1, 0.15) is 0 Å². The number of hydrogen-bond acceptors (Lipinski definition) is 0. The number of para-hydroxylation sites is 3. The SMILES string of the molecule is C1=CC2=CC(c3cccc(-n4c5ccccc5c5cc(-n6c7ccccc7c7ccccc76)ccc54)c3)=CCC2C=C1. The monoisotopic (exact) mass is 536 g/mol. The van der Waals surface area contributed by atoms with Crippen molar-refractivity contribution in [3.8, 4) is 11.4 Å². The largest absolute Gasteiger partial charge is 0.309 e. The van der Waals surface area contributed by atoms with E-state index in [9.17, 15) is 0 Å². The van der Waals surface area contributed by atoms with Crippen LogP contribution in [0.3, 0.4) is 0 Å². The van der Waals surface area contributed by atoms with E-state index in [0.717, 1.165) is 6.42 Å². The number of rotatable bonds is 3. The molecule has 0 N–H and O–H groups in total. The molecule has 2 aromatic heterocycles. The molecule has 1 atom stereocenters. The third kappa shape index (κ3) is 3.45. The number of hydrogen-bond donors (Lipinski definition) is 0. The maximum atomic E-state index is 2.42. The quantitative estimate of drug-likeness (QED) is 0.213. The second-order valence-corrected chi connectivity index (χ2v) is 11.4. The summed E-state index contributed by atoms with van der Waals surface area (Å²) in [6.07, 6.45) is 14.7. The van der Waals surface area contributed by atoms with Crippen molar-refractivity contribution in [2.24, 2.45) is 5.92 Å². The van der Waals surface area contributed by atoms with Crippen LogP contribution in [0.25, 0.3) is 60.6 Å². The Kier molecular flexibility index (Phi) is 5.06. The van der Waals surface area contributed by atoms with Gasteiger partial charge in [0, 0.05) is 38.8 Å². The summed E-state index contributed by atoms with van der Waals surface area (Å²) in [6, 6.07) is 42.2. The molecule has 2 aliphatic rings. The fraction of sp³-hybridized carbons (Fsp3) is 0.0500. The minimum atomic E-state index is 0.503. The summed E-state index contributed by atoms with van der Waals surface area (Å²) >= 11 is 0. The summed E-state index contributed by atoms with van der Waals surface area (Å²) in [5.41, 5.74) is 11.2. The van der Waals surface area contributed by atoms with Crippen molar-refractivity contribution in [3.05, 3.63) is 163 Å². The Morgan fingerprint density at radius 2 is 1.14 bits per heavy atom. The van der Waals surface area contributed by atoms with Crippen LogP contribution in [0, 0.1) is 5.92 Å². The summed E-state index contributed by atoms with van der Waals surface area (Å²) < 4.78 is 4.83. The van der Waals surface area contributed by atoms with Crippen LogP contribution in [0.5, 0.6) is 0 Å². The molecule has 42 heavy (non-hydrogen) atoms. The van der Waals surface area contributed by atoms with E-state index in [2.05, 4.69) is 161 Å². The summed E-state index contributed by atoms with van der Waals surface area (Å²) in [5, 5.41) is 5.09. The predicted octanol–water partition coefficient (Wildman–Crippen LogP) is 10.3. The van der Waals surface area contributed by atoms with Crippen LogP contribution >= 0.6 is 0 Å². The fourth-order valence-corrected chi connectivity index (χ4v) is 7.07. The molecule has 1 unspecified atom stereocenters. The minimum absolute atomic E-state index is 0.503. The maximum Gasteiger partial charge on any atom is 0.0542 e. The molecule has 0 saturated carbocycles. The molecule has 0 fully saturated rings. The molecule has 2 aliphatic carbocycles. The minimum Gasteiger partial charge on any atom is -0.309 e. The summed E-state index contributed by atoms with van der Waals surface area (Å²) in [4.78, 5) is 0. The second kappa shape index (κ2) is 9.09. The van der Waals surface area contributed by atoms with Gasteiger partial charge in [-0.2, -0.15) is 0 Å². The van der Waals surface area contributed by atoms with Crippen molar-refractivity contribution in [2.45, 2.75) is 6.42 Å². The van der Waals surface area contributed by atoms with E-state index in [1.165, 1.54) is 71.7 Å². The number of aromatic nitrogens is 2. The van der Waals surface area contributed by atoms with E-state index in [-0.39, 0.29) is 0 Å². The number of allylic oxidation sites excluding steroid dienone is 8. The lowest BCUT2D eigenvalue weighted by atomic mass is 9.84. The normalized spacial score (nSPS) is 16.3. The predicted molar refractivity (Wildman–Crippen MR) is 178 cm³/mol. The van der Waals surface area contributed by atoms with Gasteiger partial charge in [0.25, 0.3) is 0 Å². The average molecular weight is 537 g/mol. The van der Waals surface area contributed by atoms with Crippen LogP contribution in [-0.4, -0.2) is 9.13 Å². The third-order valence-electron chi connectivity index (χ3n) is 9.02. The summed E-state index contributed by atoms with van der Waals surface area (Å²) in [5.74, 6) is 0.503. The van der Waals surface area contributed by atoms with Crippen LogP contribution < -0.4 is 0 Å². The Balaban J connectivity index is 1.23.